The maximum Gasteiger partial charge on any atom is 0.405 e. The van der Waals surface area contributed by atoms with E-state index in [4.69, 9.17) is 27.9 Å². The van der Waals surface area contributed by atoms with Gasteiger partial charge in [-0.25, -0.2) is 9.37 Å². The summed E-state index contributed by atoms with van der Waals surface area (Å²) in [4.78, 5) is 30.9. The van der Waals surface area contributed by atoms with Gasteiger partial charge < -0.3 is 20.3 Å². The second-order valence-corrected chi connectivity index (χ2v) is 10.4. The van der Waals surface area contributed by atoms with E-state index >= 15 is 0 Å². The fourth-order valence-corrected chi connectivity index (χ4v) is 5.17. The molecular formula is C24H24Cl2F4N4O3. The molecule has 4 rings (SSSR count). The average molecular weight is 563 g/mol. The summed E-state index contributed by atoms with van der Waals surface area (Å²) in [5.41, 5.74) is -1.60. The Morgan fingerprint density at radius 2 is 1.92 bits per heavy atom. The van der Waals surface area contributed by atoms with Gasteiger partial charge in [0.1, 0.15) is 12.3 Å². The molecule has 0 aliphatic carbocycles. The molecule has 2 saturated heterocycles. The second-order valence-electron chi connectivity index (χ2n) is 9.54. The normalized spacial score (nSPS) is 21.2. The largest absolute Gasteiger partial charge is 0.476 e. The van der Waals surface area contributed by atoms with Crippen molar-refractivity contribution in [3.63, 3.8) is 0 Å². The summed E-state index contributed by atoms with van der Waals surface area (Å²) in [5.74, 6) is -2.01. The Labute approximate surface area is 220 Å². The van der Waals surface area contributed by atoms with Gasteiger partial charge in [-0.15, -0.1) is 0 Å². The van der Waals surface area contributed by atoms with E-state index in [2.05, 4.69) is 10.3 Å². The molecule has 0 radical (unpaired) electrons. The van der Waals surface area contributed by atoms with Gasteiger partial charge in [-0.2, -0.15) is 13.2 Å². The highest BCUT2D eigenvalue weighted by Gasteiger charge is 2.49. The van der Waals surface area contributed by atoms with Crippen molar-refractivity contribution in [1.82, 2.24) is 15.6 Å². The third-order valence-corrected chi connectivity index (χ3v) is 6.97. The van der Waals surface area contributed by atoms with Gasteiger partial charge in [0.05, 0.1) is 22.7 Å². The fraction of sp³-hybridized carbons (Fsp3) is 0.458. The number of ether oxygens (including phenoxy) is 1. The SMILES string of the molecule is CC(C)(Oc1ccc(Cl)cc1Cl)C(=O)NC1CC2CCC1N2c1ncc(C(=O)NCC(F)(F)F)cc1F. The highest BCUT2D eigenvalue weighted by Crippen LogP contribution is 2.41. The number of amides is 2. The van der Waals surface area contributed by atoms with Gasteiger partial charge in [-0.05, 0) is 57.4 Å². The van der Waals surface area contributed by atoms with Crippen LogP contribution >= 0.6 is 23.2 Å². The van der Waals surface area contributed by atoms with Crippen LogP contribution < -0.4 is 20.3 Å². The van der Waals surface area contributed by atoms with Crippen LogP contribution in [0.3, 0.4) is 0 Å². The summed E-state index contributed by atoms with van der Waals surface area (Å²) in [7, 11) is 0. The lowest BCUT2D eigenvalue weighted by Crippen LogP contribution is -2.53. The Balaban J connectivity index is 1.43. The van der Waals surface area contributed by atoms with Crippen LogP contribution in [-0.4, -0.2) is 53.2 Å². The molecule has 0 spiro atoms. The van der Waals surface area contributed by atoms with Crippen LogP contribution in [-0.2, 0) is 4.79 Å². The Morgan fingerprint density at radius 3 is 2.57 bits per heavy atom. The lowest BCUT2D eigenvalue weighted by molar-refractivity contribution is -0.135. The van der Waals surface area contributed by atoms with E-state index in [0.29, 0.717) is 23.6 Å². The van der Waals surface area contributed by atoms with Crippen LogP contribution in [0.5, 0.6) is 5.75 Å². The van der Waals surface area contributed by atoms with E-state index in [9.17, 15) is 27.2 Å². The zero-order valence-electron chi connectivity index (χ0n) is 19.8. The smallest absolute Gasteiger partial charge is 0.405 e. The highest BCUT2D eigenvalue weighted by molar-refractivity contribution is 6.35. The first-order valence-corrected chi connectivity index (χ1v) is 12.2. The summed E-state index contributed by atoms with van der Waals surface area (Å²) >= 11 is 12.1. The number of rotatable bonds is 7. The maximum atomic E-state index is 15.0. The number of nitrogens with one attached hydrogen (secondary N) is 2. The van der Waals surface area contributed by atoms with Gasteiger partial charge in [-0.1, -0.05) is 23.2 Å². The summed E-state index contributed by atoms with van der Waals surface area (Å²) < 4.78 is 57.9. The molecular weight excluding hydrogens is 539 g/mol. The van der Waals surface area contributed by atoms with Gasteiger partial charge in [0.15, 0.2) is 17.2 Å². The first-order valence-electron chi connectivity index (χ1n) is 11.5. The molecule has 3 heterocycles. The van der Waals surface area contributed by atoms with E-state index in [1.165, 1.54) is 6.07 Å². The minimum atomic E-state index is -4.59. The topological polar surface area (TPSA) is 83.6 Å². The van der Waals surface area contributed by atoms with Crippen LogP contribution in [0.2, 0.25) is 10.0 Å². The number of nitrogens with zero attached hydrogens (tertiary/aromatic N) is 2. The van der Waals surface area contributed by atoms with Gasteiger partial charge in [-0.3, -0.25) is 9.59 Å². The van der Waals surface area contributed by atoms with Crippen molar-refractivity contribution < 1.29 is 31.9 Å². The van der Waals surface area contributed by atoms with Crippen LogP contribution in [0.15, 0.2) is 30.5 Å². The second kappa shape index (κ2) is 10.2. The van der Waals surface area contributed by atoms with Gasteiger partial charge in [0.2, 0.25) is 0 Å². The predicted octanol–water partition coefficient (Wildman–Crippen LogP) is 4.90. The van der Waals surface area contributed by atoms with Crippen LogP contribution in [0, 0.1) is 5.82 Å². The number of pyridine rings is 1. The minimum Gasteiger partial charge on any atom is -0.476 e. The van der Waals surface area contributed by atoms with E-state index < -0.39 is 30.0 Å². The lowest BCUT2D eigenvalue weighted by atomic mass is 9.94. The monoisotopic (exact) mass is 562 g/mol. The Morgan fingerprint density at radius 1 is 1.19 bits per heavy atom. The van der Waals surface area contributed by atoms with Gasteiger partial charge >= 0.3 is 6.18 Å². The van der Waals surface area contributed by atoms with Crippen LogP contribution in [0.1, 0.15) is 43.5 Å². The molecule has 2 fully saturated rings. The molecule has 2 aliphatic heterocycles. The van der Waals surface area contributed by atoms with Crippen molar-refractivity contribution in [1.29, 1.82) is 0 Å². The fourth-order valence-electron chi connectivity index (χ4n) is 4.72. The van der Waals surface area contributed by atoms with Crippen molar-refractivity contribution >= 4 is 40.8 Å². The highest BCUT2D eigenvalue weighted by atomic mass is 35.5. The number of fused-ring (bicyclic) bond motifs is 2. The number of hydrogen-bond acceptors (Lipinski definition) is 5. The molecule has 0 saturated carbocycles. The molecule has 37 heavy (non-hydrogen) atoms. The first-order chi connectivity index (χ1) is 17.2. The van der Waals surface area contributed by atoms with Crippen LogP contribution in [0.4, 0.5) is 23.4 Å². The first kappa shape index (κ1) is 27.3. The summed E-state index contributed by atoms with van der Waals surface area (Å²) in [5, 5.41) is 5.37. The quantitative estimate of drug-likeness (QED) is 0.469. The van der Waals surface area contributed by atoms with E-state index in [-0.39, 0.29) is 40.4 Å². The zero-order chi connectivity index (χ0) is 27.1. The number of carbonyl (C=O) groups is 2. The maximum absolute atomic E-state index is 15.0. The Hall–Kier alpha value is -2.79. The minimum absolute atomic E-state index is 0.0138. The molecule has 1 aromatic heterocycles. The van der Waals surface area contributed by atoms with E-state index in [0.717, 1.165) is 18.7 Å². The predicted molar refractivity (Wildman–Crippen MR) is 130 cm³/mol. The number of benzene rings is 1. The molecule has 200 valence electrons. The molecule has 2 bridgehead atoms. The zero-order valence-corrected chi connectivity index (χ0v) is 21.3. The number of halogens is 6. The molecule has 3 atom stereocenters. The number of alkyl halides is 3. The molecule has 2 N–H and O–H groups in total. The van der Waals surface area contributed by atoms with Crippen molar-refractivity contribution in [2.75, 3.05) is 11.4 Å². The number of hydrogen-bond donors (Lipinski definition) is 2. The Kier molecular flexibility index (Phi) is 7.49. The molecule has 13 heteroatoms. The summed E-state index contributed by atoms with van der Waals surface area (Å²) in [6.45, 7) is 1.67. The van der Waals surface area contributed by atoms with Gasteiger partial charge in [0, 0.05) is 17.3 Å². The van der Waals surface area contributed by atoms with Crippen molar-refractivity contribution in [3.8, 4) is 5.75 Å². The average Bonchev–Trinajstić information content (AvgIpc) is 3.36. The molecule has 1 aromatic carbocycles. The standard InChI is InChI=1S/C24H24Cl2F4N4O3/c1-23(2,37-19-6-3-13(25)8-15(19)26)22(36)33-17-9-14-4-5-18(17)34(14)20-16(27)7-12(10-31-20)21(35)32-11-24(28,29)30/h3,6-8,10,14,17-18H,4-5,9,11H2,1-2H3,(H,32,35)(H,33,36). The third kappa shape index (κ3) is 6.04. The van der Waals surface area contributed by atoms with Crippen molar-refractivity contribution in [3.05, 3.63) is 51.9 Å². The number of anilines is 1. The Bertz CT molecular complexity index is 1210. The van der Waals surface area contributed by atoms with E-state index in [1.54, 1.807) is 36.2 Å². The molecule has 2 aliphatic rings. The number of aromatic nitrogens is 1. The molecule has 7 nitrogen and oxygen atoms in total. The van der Waals surface area contributed by atoms with Gasteiger partial charge in [0.25, 0.3) is 11.8 Å². The molecule has 2 aromatic rings. The van der Waals surface area contributed by atoms with Crippen molar-refractivity contribution in [2.24, 2.45) is 0 Å². The van der Waals surface area contributed by atoms with E-state index in [1.807, 2.05) is 0 Å². The third-order valence-electron chi connectivity index (χ3n) is 6.44. The molecule has 3 unspecified atom stereocenters. The summed E-state index contributed by atoms with van der Waals surface area (Å²) in [6, 6.07) is 4.87. The summed E-state index contributed by atoms with van der Waals surface area (Å²) in [6.07, 6.45) is -1.57. The van der Waals surface area contributed by atoms with Crippen molar-refractivity contribution in [2.45, 2.75) is 63.0 Å². The van der Waals surface area contributed by atoms with Crippen LogP contribution in [0.25, 0.3) is 0 Å². The lowest BCUT2D eigenvalue weighted by Gasteiger charge is -2.30. The molecule has 2 amide bonds. The number of carbonyl (C=O) groups excluding carboxylic acids is 2.